The fraction of sp³-hybridized carbons (Fsp3) is 0.562. The van der Waals surface area contributed by atoms with Crippen LogP contribution in [-0.2, 0) is 16.1 Å². The number of carbonyl (C=O) groups is 1. The van der Waals surface area contributed by atoms with E-state index in [2.05, 4.69) is 12.2 Å². The lowest BCUT2D eigenvalue weighted by molar-refractivity contribution is -0.122. The molecule has 0 aromatic heterocycles. The van der Waals surface area contributed by atoms with Crippen molar-refractivity contribution in [2.75, 3.05) is 19.7 Å². The zero-order valence-electron chi connectivity index (χ0n) is 12.3. The fourth-order valence-electron chi connectivity index (χ4n) is 1.89. The summed E-state index contributed by atoms with van der Waals surface area (Å²) in [7, 11) is 0. The number of carbonyl (C=O) groups excluding carboxylic acids is 1. The van der Waals surface area contributed by atoms with Crippen LogP contribution < -0.4 is 11.1 Å². The molecule has 0 aliphatic heterocycles. The summed E-state index contributed by atoms with van der Waals surface area (Å²) in [5.74, 6) is 0.384. The molecule has 0 aliphatic carbocycles. The van der Waals surface area contributed by atoms with Crippen LogP contribution in [0.5, 0.6) is 0 Å². The number of nitrogens with two attached hydrogens (primary N) is 1. The molecule has 1 rings (SSSR count). The van der Waals surface area contributed by atoms with E-state index in [1.54, 1.807) is 0 Å². The maximum Gasteiger partial charge on any atom is 0.220 e. The Morgan fingerprint density at radius 3 is 2.75 bits per heavy atom. The number of nitrogens with one attached hydrogen (secondary N) is 1. The van der Waals surface area contributed by atoms with Crippen LogP contribution in [-0.4, -0.2) is 25.6 Å². The Kier molecular flexibility index (Phi) is 8.67. The Morgan fingerprint density at radius 1 is 1.35 bits per heavy atom. The van der Waals surface area contributed by atoms with Crippen molar-refractivity contribution in [1.82, 2.24) is 5.32 Å². The van der Waals surface area contributed by atoms with Crippen molar-refractivity contribution in [1.29, 1.82) is 0 Å². The van der Waals surface area contributed by atoms with Crippen molar-refractivity contribution in [3.8, 4) is 0 Å². The summed E-state index contributed by atoms with van der Waals surface area (Å²) in [6, 6.07) is 10.1. The smallest absolute Gasteiger partial charge is 0.220 e. The van der Waals surface area contributed by atoms with Gasteiger partial charge in [0.15, 0.2) is 0 Å². The second-order valence-electron chi connectivity index (χ2n) is 4.96. The van der Waals surface area contributed by atoms with E-state index >= 15 is 0 Å². The summed E-state index contributed by atoms with van der Waals surface area (Å²) in [6.07, 6.45) is 2.31. The summed E-state index contributed by atoms with van der Waals surface area (Å²) in [5.41, 5.74) is 6.75. The van der Waals surface area contributed by atoms with Crippen LogP contribution in [0, 0.1) is 5.92 Å². The Labute approximate surface area is 121 Å². The predicted octanol–water partition coefficient (Wildman–Crippen LogP) is 2.08. The van der Waals surface area contributed by atoms with Gasteiger partial charge in [-0.25, -0.2) is 0 Å². The Hall–Kier alpha value is -1.39. The van der Waals surface area contributed by atoms with Crippen LogP contribution in [0.15, 0.2) is 30.3 Å². The number of rotatable bonds is 10. The minimum atomic E-state index is 0.0883. The van der Waals surface area contributed by atoms with Gasteiger partial charge < -0.3 is 15.8 Å². The van der Waals surface area contributed by atoms with E-state index in [0.29, 0.717) is 38.6 Å². The molecule has 0 fully saturated rings. The van der Waals surface area contributed by atoms with Crippen LogP contribution >= 0.6 is 0 Å². The van der Waals surface area contributed by atoms with Gasteiger partial charge in [-0.3, -0.25) is 4.79 Å². The average molecular weight is 278 g/mol. The third kappa shape index (κ3) is 7.26. The molecule has 1 aromatic carbocycles. The second-order valence-corrected chi connectivity index (χ2v) is 4.96. The fourth-order valence-corrected chi connectivity index (χ4v) is 1.89. The first kappa shape index (κ1) is 16.7. The lowest BCUT2D eigenvalue weighted by Crippen LogP contribution is -2.29. The van der Waals surface area contributed by atoms with Crippen molar-refractivity contribution < 1.29 is 9.53 Å². The maximum atomic E-state index is 11.6. The largest absolute Gasteiger partial charge is 0.377 e. The molecule has 4 heteroatoms. The molecule has 0 heterocycles. The van der Waals surface area contributed by atoms with Gasteiger partial charge in [0, 0.05) is 19.6 Å². The minimum Gasteiger partial charge on any atom is -0.377 e. The molecule has 3 N–H and O–H groups in total. The topological polar surface area (TPSA) is 64.4 Å². The third-order valence-electron chi connectivity index (χ3n) is 3.28. The molecule has 1 unspecified atom stereocenters. The highest BCUT2D eigenvalue weighted by atomic mass is 16.5. The van der Waals surface area contributed by atoms with Crippen molar-refractivity contribution in [3.05, 3.63) is 35.9 Å². The molecular formula is C16H26N2O2. The lowest BCUT2D eigenvalue weighted by atomic mass is 10.0. The van der Waals surface area contributed by atoms with E-state index in [1.807, 2.05) is 30.3 Å². The summed E-state index contributed by atoms with van der Waals surface area (Å²) in [6.45, 7) is 4.57. The normalized spacial score (nSPS) is 12.1. The van der Waals surface area contributed by atoms with Crippen LogP contribution in [0.2, 0.25) is 0 Å². The highest BCUT2D eigenvalue weighted by Crippen LogP contribution is 2.05. The third-order valence-corrected chi connectivity index (χ3v) is 3.28. The van der Waals surface area contributed by atoms with Crippen LogP contribution in [0.25, 0.3) is 0 Å². The first-order chi connectivity index (χ1) is 9.76. The molecule has 0 spiro atoms. The number of benzene rings is 1. The van der Waals surface area contributed by atoms with E-state index in [1.165, 1.54) is 5.56 Å². The first-order valence-corrected chi connectivity index (χ1v) is 7.34. The Morgan fingerprint density at radius 2 is 2.10 bits per heavy atom. The average Bonchev–Trinajstić information content (AvgIpc) is 2.49. The molecule has 112 valence electrons. The van der Waals surface area contributed by atoms with Gasteiger partial charge in [0.2, 0.25) is 5.91 Å². The standard InChI is InChI=1S/C16H26N2O2/c1-2-14(12-17)11-16(19)18-9-6-10-20-13-15-7-4-3-5-8-15/h3-5,7-8,14H,2,6,9-13,17H2,1H3,(H,18,19). The van der Waals surface area contributed by atoms with Gasteiger partial charge in [0.1, 0.15) is 0 Å². The van der Waals surface area contributed by atoms with E-state index in [-0.39, 0.29) is 5.91 Å². The summed E-state index contributed by atoms with van der Waals surface area (Å²) < 4.78 is 5.55. The summed E-state index contributed by atoms with van der Waals surface area (Å²) in [4.78, 5) is 11.6. The van der Waals surface area contributed by atoms with Crippen molar-refractivity contribution in [3.63, 3.8) is 0 Å². The monoisotopic (exact) mass is 278 g/mol. The number of hydrogen-bond acceptors (Lipinski definition) is 3. The number of hydrogen-bond donors (Lipinski definition) is 2. The minimum absolute atomic E-state index is 0.0883. The molecule has 20 heavy (non-hydrogen) atoms. The van der Waals surface area contributed by atoms with Crippen molar-refractivity contribution in [2.45, 2.75) is 32.8 Å². The summed E-state index contributed by atoms with van der Waals surface area (Å²) >= 11 is 0. The highest BCUT2D eigenvalue weighted by molar-refractivity contribution is 5.76. The zero-order valence-corrected chi connectivity index (χ0v) is 12.3. The lowest BCUT2D eigenvalue weighted by Gasteiger charge is -2.12. The second kappa shape index (κ2) is 10.4. The Balaban J connectivity index is 2.00. The van der Waals surface area contributed by atoms with E-state index in [9.17, 15) is 4.79 Å². The SMILES string of the molecule is CCC(CN)CC(=O)NCCCOCc1ccccc1. The molecule has 0 radical (unpaired) electrons. The van der Waals surface area contributed by atoms with Crippen LogP contribution in [0.3, 0.4) is 0 Å². The van der Waals surface area contributed by atoms with E-state index in [4.69, 9.17) is 10.5 Å². The van der Waals surface area contributed by atoms with Gasteiger partial charge in [0.05, 0.1) is 6.61 Å². The van der Waals surface area contributed by atoms with Crippen LogP contribution in [0.1, 0.15) is 31.7 Å². The van der Waals surface area contributed by atoms with Gasteiger partial charge in [0.25, 0.3) is 0 Å². The van der Waals surface area contributed by atoms with Crippen molar-refractivity contribution >= 4 is 5.91 Å². The van der Waals surface area contributed by atoms with Crippen molar-refractivity contribution in [2.24, 2.45) is 11.7 Å². The molecule has 1 atom stereocenters. The highest BCUT2D eigenvalue weighted by Gasteiger charge is 2.09. The molecule has 0 bridgehead atoms. The maximum absolute atomic E-state index is 11.6. The first-order valence-electron chi connectivity index (χ1n) is 7.34. The zero-order chi connectivity index (χ0) is 14.6. The van der Waals surface area contributed by atoms with E-state index in [0.717, 1.165) is 12.8 Å². The van der Waals surface area contributed by atoms with Gasteiger partial charge in [-0.05, 0) is 24.4 Å². The quantitative estimate of drug-likeness (QED) is 0.644. The Bertz CT molecular complexity index is 364. The van der Waals surface area contributed by atoms with Gasteiger partial charge in [-0.15, -0.1) is 0 Å². The molecule has 0 saturated heterocycles. The molecule has 0 saturated carbocycles. The van der Waals surface area contributed by atoms with E-state index < -0.39 is 0 Å². The summed E-state index contributed by atoms with van der Waals surface area (Å²) in [5, 5.41) is 2.91. The molecule has 1 aromatic rings. The predicted molar refractivity (Wildman–Crippen MR) is 81.2 cm³/mol. The van der Waals surface area contributed by atoms with Crippen LogP contribution in [0.4, 0.5) is 0 Å². The van der Waals surface area contributed by atoms with Gasteiger partial charge in [-0.2, -0.15) is 0 Å². The molecular weight excluding hydrogens is 252 g/mol. The number of amides is 1. The molecule has 1 amide bonds. The molecule has 0 aliphatic rings. The number of ether oxygens (including phenoxy) is 1. The van der Waals surface area contributed by atoms with Gasteiger partial charge in [-0.1, -0.05) is 43.7 Å². The van der Waals surface area contributed by atoms with Gasteiger partial charge >= 0.3 is 0 Å². The molecule has 4 nitrogen and oxygen atoms in total.